The molecule has 0 amide bonds. The summed E-state index contributed by atoms with van der Waals surface area (Å²) in [6.07, 6.45) is 0. The lowest BCUT2D eigenvalue weighted by atomic mass is 10.1. The Labute approximate surface area is 148 Å². The number of hydrogen-bond acceptors (Lipinski definition) is 2. The molecule has 0 radical (unpaired) electrons. The van der Waals surface area contributed by atoms with E-state index in [4.69, 9.17) is 12.2 Å². The molecule has 1 fully saturated rings. The van der Waals surface area contributed by atoms with E-state index >= 15 is 0 Å². The van der Waals surface area contributed by atoms with Crippen LogP contribution in [0.5, 0.6) is 0 Å². The maximum Gasteiger partial charge on any atom is 0.173 e. The van der Waals surface area contributed by atoms with E-state index in [1.54, 1.807) is 6.07 Å². The average molecular weight is 343 g/mol. The van der Waals surface area contributed by atoms with Crippen molar-refractivity contribution in [3.8, 4) is 0 Å². The Balaban J connectivity index is 1.62. The summed E-state index contributed by atoms with van der Waals surface area (Å²) in [6.45, 7) is 6.90. The molecule has 1 aliphatic heterocycles. The van der Waals surface area contributed by atoms with Crippen molar-refractivity contribution in [2.75, 3.05) is 29.9 Å². The first-order valence-electron chi connectivity index (χ1n) is 8.18. The molecule has 1 unspecified atom stereocenters. The molecule has 0 spiro atoms. The second kappa shape index (κ2) is 7.18. The molecule has 2 aromatic carbocycles. The normalized spacial score (nSPS) is 17.7. The maximum absolute atomic E-state index is 13.3. The van der Waals surface area contributed by atoms with Crippen LogP contribution in [0.25, 0.3) is 0 Å². The van der Waals surface area contributed by atoms with Crippen molar-refractivity contribution in [3.05, 3.63) is 59.9 Å². The van der Waals surface area contributed by atoms with Crippen molar-refractivity contribution in [3.63, 3.8) is 0 Å². The van der Waals surface area contributed by atoms with E-state index in [0.717, 1.165) is 19.6 Å². The van der Waals surface area contributed by atoms with Crippen LogP contribution in [0.4, 0.5) is 15.8 Å². The van der Waals surface area contributed by atoms with Gasteiger partial charge in [0.15, 0.2) is 5.11 Å². The summed E-state index contributed by atoms with van der Waals surface area (Å²) >= 11 is 5.50. The van der Waals surface area contributed by atoms with E-state index in [9.17, 15) is 4.39 Å². The second-order valence-electron chi connectivity index (χ2n) is 6.26. The fourth-order valence-electron chi connectivity index (χ4n) is 3.03. The Morgan fingerprint density at radius 1 is 1.17 bits per heavy atom. The number of thiocarbonyl (C=S) groups is 1. The minimum absolute atomic E-state index is 0.264. The first kappa shape index (κ1) is 16.7. The predicted molar refractivity (Wildman–Crippen MR) is 102 cm³/mol. The van der Waals surface area contributed by atoms with Crippen molar-refractivity contribution in [2.45, 2.75) is 19.9 Å². The number of hydrogen-bond donors (Lipinski definition) is 1. The molecule has 0 aromatic heterocycles. The highest BCUT2D eigenvalue weighted by molar-refractivity contribution is 7.80. The lowest BCUT2D eigenvalue weighted by molar-refractivity contribution is 0.342. The van der Waals surface area contributed by atoms with Crippen LogP contribution >= 0.6 is 12.2 Å². The molecule has 0 saturated carbocycles. The molecule has 1 heterocycles. The summed E-state index contributed by atoms with van der Waals surface area (Å²) in [4.78, 5) is 4.55. The van der Waals surface area contributed by atoms with Crippen molar-refractivity contribution in [2.24, 2.45) is 0 Å². The molecule has 1 aliphatic rings. The number of piperazine rings is 1. The number of anilines is 2. The van der Waals surface area contributed by atoms with Crippen LogP contribution in [-0.4, -0.2) is 35.7 Å². The van der Waals surface area contributed by atoms with Crippen LogP contribution in [0.2, 0.25) is 0 Å². The van der Waals surface area contributed by atoms with Crippen molar-refractivity contribution < 1.29 is 4.39 Å². The molecule has 126 valence electrons. The number of aryl methyl sites for hydroxylation is 1. The number of benzene rings is 2. The fraction of sp³-hybridized carbons (Fsp3) is 0.316. The number of halogens is 1. The number of nitrogens with one attached hydrogen (secondary N) is 1. The predicted octanol–water partition coefficient (Wildman–Crippen LogP) is 4.04. The maximum atomic E-state index is 13.3. The van der Waals surface area contributed by atoms with Crippen LogP contribution in [0, 0.1) is 12.7 Å². The quantitative estimate of drug-likeness (QED) is 0.829. The summed E-state index contributed by atoms with van der Waals surface area (Å²) in [5.74, 6) is -0.264. The van der Waals surface area contributed by atoms with E-state index < -0.39 is 0 Å². The third-order valence-electron chi connectivity index (χ3n) is 4.36. The zero-order chi connectivity index (χ0) is 17.1. The molecular weight excluding hydrogens is 321 g/mol. The van der Waals surface area contributed by atoms with Gasteiger partial charge in [-0.15, -0.1) is 0 Å². The standard InChI is InChI=1S/C19H22FN3S/c1-14-6-8-18(9-7-14)23-11-10-22(13-15(23)2)19(24)21-17-5-3-4-16(20)12-17/h3-9,12,15H,10-11,13H2,1-2H3,(H,21,24). The number of nitrogens with zero attached hydrogens (tertiary/aromatic N) is 2. The van der Waals surface area contributed by atoms with Gasteiger partial charge in [-0.05, 0) is 56.4 Å². The van der Waals surface area contributed by atoms with Gasteiger partial charge in [0.25, 0.3) is 0 Å². The summed E-state index contributed by atoms with van der Waals surface area (Å²) in [6, 6.07) is 15.4. The van der Waals surface area contributed by atoms with E-state index in [0.29, 0.717) is 16.8 Å². The van der Waals surface area contributed by atoms with Crippen LogP contribution in [-0.2, 0) is 0 Å². The Hall–Kier alpha value is -2.14. The molecule has 0 aliphatic carbocycles. The van der Waals surface area contributed by atoms with Gasteiger partial charge < -0.3 is 15.1 Å². The second-order valence-corrected chi connectivity index (χ2v) is 6.65. The van der Waals surface area contributed by atoms with Crippen molar-refractivity contribution in [1.82, 2.24) is 4.90 Å². The first-order valence-corrected chi connectivity index (χ1v) is 8.58. The highest BCUT2D eigenvalue weighted by Gasteiger charge is 2.25. The van der Waals surface area contributed by atoms with Crippen LogP contribution in [0.1, 0.15) is 12.5 Å². The van der Waals surface area contributed by atoms with Gasteiger partial charge >= 0.3 is 0 Å². The van der Waals surface area contributed by atoms with Gasteiger partial charge in [0.05, 0.1) is 0 Å². The monoisotopic (exact) mass is 343 g/mol. The third-order valence-corrected chi connectivity index (χ3v) is 4.72. The van der Waals surface area contributed by atoms with Crippen LogP contribution in [0.15, 0.2) is 48.5 Å². The summed E-state index contributed by atoms with van der Waals surface area (Å²) in [5.41, 5.74) is 3.20. The number of rotatable bonds is 2. The highest BCUT2D eigenvalue weighted by Crippen LogP contribution is 2.21. The highest BCUT2D eigenvalue weighted by atomic mass is 32.1. The largest absolute Gasteiger partial charge is 0.365 e. The minimum atomic E-state index is -0.264. The van der Waals surface area contributed by atoms with Gasteiger partial charge in [0.1, 0.15) is 5.82 Å². The van der Waals surface area contributed by atoms with Crippen LogP contribution in [0.3, 0.4) is 0 Å². The van der Waals surface area contributed by atoms with E-state index in [-0.39, 0.29) is 5.82 Å². The minimum Gasteiger partial charge on any atom is -0.365 e. The van der Waals surface area contributed by atoms with Gasteiger partial charge in [-0.2, -0.15) is 0 Å². The van der Waals surface area contributed by atoms with Crippen molar-refractivity contribution in [1.29, 1.82) is 0 Å². The molecule has 5 heteroatoms. The lowest BCUT2D eigenvalue weighted by Crippen LogP contribution is -2.54. The molecule has 3 rings (SSSR count). The first-order chi connectivity index (χ1) is 11.5. The van der Waals surface area contributed by atoms with E-state index in [2.05, 4.69) is 53.2 Å². The summed E-state index contributed by atoms with van der Waals surface area (Å²) in [7, 11) is 0. The molecule has 2 aromatic rings. The van der Waals surface area contributed by atoms with Crippen molar-refractivity contribution >= 4 is 28.7 Å². The average Bonchev–Trinajstić information content (AvgIpc) is 2.56. The van der Waals surface area contributed by atoms with E-state index in [1.165, 1.54) is 23.4 Å². The Morgan fingerprint density at radius 2 is 1.92 bits per heavy atom. The molecule has 1 N–H and O–H groups in total. The smallest absolute Gasteiger partial charge is 0.173 e. The Morgan fingerprint density at radius 3 is 2.58 bits per heavy atom. The topological polar surface area (TPSA) is 18.5 Å². The van der Waals surface area contributed by atoms with Gasteiger partial charge in [0.2, 0.25) is 0 Å². The zero-order valence-electron chi connectivity index (χ0n) is 14.0. The molecule has 1 saturated heterocycles. The molecule has 1 atom stereocenters. The van der Waals surface area contributed by atoms with E-state index in [1.807, 2.05) is 6.07 Å². The molecule has 24 heavy (non-hydrogen) atoms. The van der Waals surface area contributed by atoms with Gasteiger partial charge in [0, 0.05) is 37.1 Å². The lowest BCUT2D eigenvalue weighted by Gasteiger charge is -2.42. The molecule has 0 bridgehead atoms. The zero-order valence-corrected chi connectivity index (χ0v) is 14.8. The SMILES string of the molecule is Cc1ccc(N2CCN(C(=S)Nc3cccc(F)c3)CC2C)cc1. The Kier molecular flexibility index (Phi) is 5.00. The third kappa shape index (κ3) is 3.85. The summed E-state index contributed by atoms with van der Waals surface area (Å²) in [5, 5.41) is 3.78. The summed E-state index contributed by atoms with van der Waals surface area (Å²) < 4.78 is 13.3. The Bertz CT molecular complexity index is 717. The van der Waals surface area contributed by atoms with Gasteiger partial charge in [-0.1, -0.05) is 23.8 Å². The molecular formula is C19H22FN3S. The van der Waals surface area contributed by atoms with Crippen LogP contribution < -0.4 is 10.2 Å². The molecule has 3 nitrogen and oxygen atoms in total. The van der Waals surface area contributed by atoms with Gasteiger partial charge in [-0.3, -0.25) is 0 Å². The fourth-order valence-corrected chi connectivity index (χ4v) is 3.31. The van der Waals surface area contributed by atoms with Gasteiger partial charge in [-0.25, -0.2) is 4.39 Å².